The number of piperazine rings is 1. The second-order valence-corrected chi connectivity index (χ2v) is 6.81. The molecule has 1 aliphatic heterocycles. The van der Waals surface area contributed by atoms with Crippen LogP contribution in [0.15, 0.2) is 12.1 Å². The second kappa shape index (κ2) is 7.67. The van der Waals surface area contributed by atoms with Crippen molar-refractivity contribution in [1.29, 1.82) is 0 Å². The van der Waals surface area contributed by atoms with Crippen molar-refractivity contribution >= 4 is 5.69 Å². The molecular formula is C16H22F3N3O4. The van der Waals surface area contributed by atoms with E-state index in [0.717, 1.165) is 12.6 Å². The molecule has 1 aromatic carbocycles. The number of halogens is 3. The third-order valence-corrected chi connectivity index (χ3v) is 4.00. The van der Waals surface area contributed by atoms with Crippen LogP contribution in [0.5, 0.6) is 11.5 Å². The highest BCUT2D eigenvalue weighted by Crippen LogP contribution is 2.36. The molecule has 0 bridgehead atoms. The minimum Gasteiger partial charge on any atom is -0.493 e. The van der Waals surface area contributed by atoms with E-state index in [2.05, 4.69) is 15.0 Å². The molecule has 146 valence electrons. The van der Waals surface area contributed by atoms with Gasteiger partial charge in [0.2, 0.25) is 0 Å². The molecule has 0 saturated carbocycles. The molecule has 0 aliphatic carbocycles. The first-order chi connectivity index (χ1) is 12.0. The zero-order valence-corrected chi connectivity index (χ0v) is 14.9. The number of ether oxygens (including phenoxy) is 2. The van der Waals surface area contributed by atoms with E-state index >= 15 is 0 Å². The standard InChI is InChI=1S/C16H22F3N3O4/c1-15(2)9-21(5-4-20-15)8-11-6-13(25-3)14(7-12(11)22(23)24)26-10-16(17,18)19/h6-7,20H,4-5,8-10H2,1-3H3. The summed E-state index contributed by atoms with van der Waals surface area (Å²) in [5, 5.41) is 14.7. The molecule has 1 N–H and O–H groups in total. The summed E-state index contributed by atoms with van der Waals surface area (Å²) < 4.78 is 46.9. The van der Waals surface area contributed by atoms with E-state index in [1.54, 1.807) is 0 Å². The Labute approximate surface area is 149 Å². The van der Waals surface area contributed by atoms with Gasteiger partial charge in [0.05, 0.1) is 18.1 Å². The number of nitrogens with one attached hydrogen (secondary N) is 1. The highest BCUT2D eigenvalue weighted by molar-refractivity contribution is 5.54. The van der Waals surface area contributed by atoms with Gasteiger partial charge in [-0.25, -0.2) is 0 Å². The Morgan fingerprint density at radius 2 is 2.04 bits per heavy atom. The first-order valence-electron chi connectivity index (χ1n) is 8.03. The fraction of sp³-hybridized carbons (Fsp3) is 0.625. The molecule has 1 heterocycles. The molecule has 1 fully saturated rings. The van der Waals surface area contributed by atoms with Crippen LogP contribution in [0, 0.1) is 10.1 Å². The van der Waals surface area contributed by atoms with Gasteiger partial charge < -0.3 is 14.8 Å². The number of nitrogens with zero attached hydrogens (tertiary/aromatic N) is 2. The number of nitro groups is 1. The van der Waals surface area contributed by atoms with Crippen molar-refractivity contribution in [2.45, 2.75) is 32.1 Å². The Balaban J connectivity index is 2.29. The van der Waals surface area contributed by atoms with Crippen LogP contribution in [-0.4, -0.2) is 54.9 Å². The van der Waals surface area contributed by atoms with Crippen LogP contribution in [-0.2, 0) is 6.54 Å². The van der Waals surface area contributed by atoms with Gasteiger partial charge in [0.15, 0.2) is 18.1 Å². The summed E-state index contributed by atoms with van der Waals surface area (Å²) in [4.78, 5) is 12.8. The van der Waals surface area contributed by atoms with Crippen LogP contribution in [0.3, 0.4) is 0 Å². The minimum atomic E-state index is -4.55. The first-order valence-corrected chi connectivity index (χ1v) is 8.03. The summed E-state index contributed by atoms with van der Waals surface area (Å²) in [5.74, 6) is -0.273. The molecule has 2 rings (SSSR count). The molecule has 1 saturated heterocycles. The van der Waals surface area contributed by atoms with Crippen molar-refractivity contribution in [2.75, 3.05) is 33.4 Å². The Bertz CT molecular complexity index is 665. The SMILES string of the molecule is COc1cc(CN2CCNC(C)(C)C2)c([N+](=O)[O-])cc1OCC(F)(F)F. The van der Waals surface area contributed by atoms with Gasteiger partial charge in [0.25, 0.3) is 5.69 Å². The molecule has 0 spiro atoms. The molecule has 0 unspecified atom stereocenters. The predicted molar refractivity (Wildman–Crippen MR) is 88.6 cm³/mol. The van der Waals surface area contributed by atoms with Gasteiger partial charge in [-0.05, 0) is 19.9 Å². The number of alkyl halides is 3. The minimum absolute atomic E-state index is 0.0317. The van der Waals surface area contributed by atoms with Crippen molar-refractivity contribution in [2.24, 2.45) is 0 Å². The third-order valence-electron chi connectivity index (χ3n) is 4.00. The average molecular weight is 377 g/mol. The van der Waals surface area contributed by atoms with Crippen molar-refractivity contribution in [3.8, 4) is 11.5 Å². The fourth-order valence-electron chi connectivity index (χ4n) is 2.94. The van der Waals surface area contributed by atoms with Gasteiger partial charge in [0, 0.05) is 37.3 Å². The molecule has 0 radical (unpaired) electrons. The maximum atomic E-state index is 12.4. The quantitative estimate of drug-likeness (QED) is 0.607. The number of methoxy groups -OCH3 is 1. The first kappa shape index (κ1) is 20.2. The maximum absolute atomic E-state index is 12.4. The van der Waals surface area contributed by atoms with Gasteiger partial charge >= 0.3 is 6.18 Å². The summed E-state index contributed by atoms with van der Waals surface area (Å²) in [5.41, 5.74) is -0.0596. The fourth-order valence-corrected chi connectivity index (χ4v) is 2.94. The average Bonchev–Trinajstić information content (AvgIpc) is 2.51. The van der Waals surface area contributed by atoms with Gasteiger partial charge in [-0.1, -0.05) is 0 Å². The predicted octanol–water partition coefficient (Wildman–Crippen LogP) is 2.73. The number of nitro benzene ring substituents is 1. The Hall–Kier alpha value is -2.07. The number of hydrogen-bond acceptors (Lipinski definition) is 6. The summed E-state index contributed by atoms with van der Waals surface area (Å²) >= 11 is 0. The van der Waals surface area contributed by atoms with E-state index in [4.69, 9.17) is 4.74 Å². The van der Waals surface area contributed by atoms with E-state index in [9.17, 15) is 23.3 Å². The van der Waals surface area contributed by atoms with E-state index in [0.29, 0.717) is 18.7 Å². The van der Waals surface area contributed by atoms with Crippen LogP contribution in [0.1, 0.15) is 19.4 Å². The van der Waals surface area contributed by atoms with Crippen LogP contribution in [0.25, 0.3) is 0 Å². The molecule has 0 amide bonds. The Morgan fingerprint density at radius 3 is 2.58 bits per heavy atom. The Morgan fingerprint density at radius 1 is 1.35 bits per heavy atom. The molecular weight excluding hydrogens is 355 g/mol. The monoisotopic (exact) mass is 377 g/mol. The van der Waals surface area contributed by atoms with E-state index < -0.39 is 17.7 Å². The molecule has 0 aromatic heterocycles. The summed E-state index contributed by atoms with van der Waals surface area (Å²) in [6.07, 6.45) is -4.55. The zero-order chi connectivity index (χ0) is 19.5. The number of rotatable bonds is 6. The van der Waals surface area contributed by atoms with Crippen LogP contribution >= 0.6 is 0 Å². The van der Waals surface area contributed by atoms with Crippen molar-refractivity contribution in [3.05, 3.63) is 27.8 Å². The summed E-state index contributed by atoms with van der Waals surface area (Å²) in [6, 6.07) is 2.37. The van der Waals surface area contributed by atoms with Crippen molar-refractivity contribution in [1.82, 2.24) is 10.2 Å². The Kier molecular flexibility index (Phi) is 5.97. The molecule has 10 heteroatoms. The normalized spacial score (nSPS) is 17.8. The van der Waals surface area contributed by atoms with Crippen LogP contribution in [0.2, 0.25) is 0 Å². The number of benzene rings is 1. The smallest absolute Gasteiger partial charge is 0.422 e. The van der Waals surface area contributed by atoms with Crippen LogP contribution < -0.4 is 14.8 Å². The lowest BCUT2D eigenvalue weighted by Gasteiger charge is -2.39. The van der Waals surface area contributed by atoms with Crippen LogP contribution in [0.4, 0.5) is 18.9 Å². The molecule has 26 heavy (non-hydrogen) atoms. The number of hydrogen-bond donors (Lipinski definition) is 1. The second-order valence-electron chi connectivity index (χ2n) is 6.81. The highest BCUT2D eigenvalue weighted by atomic mass is 19.4. The maximum Gasteiger partial charge on any atom is 0.422 e. The highest BCUT2D eigenvalue weighted by Gasteiger charge is 2.31. The van der Waals surface area contributed by atoms with E-state index in [-0.39, 0.29) is 29.3 Å². The summed E-state index contributed by atoms with van der Waals surface area (Å²) in [7, 11) is 1.28. The third kappa shape index (κ3) is 5.46. The lowest BCUT2D eigenvalue weighted by Crippen LogP contribution is -2.56. The summed E-state index contributed by atoms with van der Waals surface area (Å²) in [6.45, 7) is 4.92. The van der Waals surface area contributed by atoms with Crippen molar-refractivity contribution in [3.63, 3.8) is 0 Å². The van der Waals surface area contributed by atoms with Crippen molar-refractivity contribution < 1.29 is 27.6 Å². The zero-order valence-electron chi connectivity index (χ0n) is 14.9. The lowest BCUT2D eigenvalue weighted by molar-refractivity contribution is -0.385. The lowest BCUT2D eigenvalue weighted by atomic mass is 10.0. The van der Waals surface area contributed by atoms with Gasteiger partial charge in [-0.3, -0.25) is 15.0 Å². The topological polar surface area (TPSA) is 76.9 Å². The van der Waals surface area contributed by atoms with E-state index in [1.807, 2.05) is 13.8 Å². The van der Waals surface area contributed by atoms with Gasteiger partial charge in [0.1, 0.15) is 0 Å². The molecule has 7 nitrogen and oxygen atoms in total. The molecule has 1 aromatic rings. The van der Waals surface area contributed by atoms with E-state index in [1.165, 1.54) is 13.2 Å². The van der Waals surface area contributed by atoms with Gasteiger partial charge in [-0.15, -0.1) is 0 Å². The molecule has 0 atom stereocenters. The largest absolute Gasteiger partial charge is 0.493 e. The molecule has 1 aliphatic rings. The van der Waals surface area contributed by atoms with Gasteiger partial charge in [-0.2, -0.15) is 13.2 Å².